The molecule has 0 spiro atoms. The third kappa shape index (κ3) is 12.7. The Balaban J connectivity index is 0. The molecule has 0 unspecified atom stereocenters. The van der Waals surface area contributed by atoms with Crippen LogP contribution in [0.1, 0.15) is 48.5 Å². The van der Waals surface area contributed by atoms with Crippen molar-refractivity contribution in [2.24, 2.45) is 0 Å². The molecule has 0 aromatic rings. The summed E-state index contributed by atoms with van der Waals surface area (Å²) in [4.78, 5) is 9.00. The molecule has 0 aliphatic carbocycles. The molecule has 0 rings (SSSR count). The average molecular weight is 323 g/mol. The van der Waals surface area contributed by atoms with E-state index in [4.69, 9.17) is 24.1 Å². The predicted octanol–water partition coefficient (Wildman–Crippen LogP) is 3.07. The van der Waals surface area contributed by atoms with Crippen molar-refractivity contribution >= 4 is 5.97 Å². The van der Waals surface area contributed by atoms with E-state index >= 15 is 0 Å². The monoisotopic (exact) mass is 323 g/mol. The van der Waals surface area contributed by atoms with Crippen molar-refractivity contribution in [2.45, 2.75) is 70.9 Å². The van der Waals surface area contributed by atoms with Crippen molar-refractivity contribution in [3.63, 3.8) is 0 Å². The fraction of sp³-hybridized carbons (Fsp3) is 0.786. The van der Waals surface area contributed by atoms with Gasteiger partial charge in [0.1, 0.15) is 0 Å². The number of carboxylic acids is 1. The molecular weight excluding hydrogens is 296 g/mol. The van der Waals surface area contributed by atoms with Crippen LogP contribution in [-0.2, 0) is 39.4 Å². The Morgan fingerprint density at radius 1 is 1.05 bits per heavy atom. The van der Waals surface area contributed by atoms with Crippen molar-refractivity contribution in [3.8, 4) is 0 Å². The molecule has 0 aliphatic heterocycles. The third-order valence-corrected chi connectivity index (χ3v) is 2.35. The van der Waals surface area contributed by atoms with Crippen LogP contribution in [0.2, 0.25) is 0 Å². The van der Waals surface area contributed by atoms with Crippen molar-refractivity contribution in [1.82, 2.24) is 0 Å². The molecule has 0 aromatic heterocycles. The van der Waals surface area contributed by atoms with Crippen LogP contribution in [0.3, 0.4) is 0 Å². The van der Waals surface area contributed by atoms with Gasteiger partial charge in [-0.05, 0) is 0 Å². The molecule has 0 saturated heterocycles. The predicted molar refractivity (Wildman–Crippen MR) is 73.8 cm³/mol. The van der Waals surface area contributed by atoms with Gasteiger partial charge in [0.05, 0.1) is 0 Å². The molecule has 0 radical (unpaired) electrons. The molecule has 117 valence electrons. The summed E-state index contributed by atoms with van der Waals surface area (Å²) in [6.45, 7) is 16.7. The van der Waals surface area contributed by atoms with E-state index in [9.17, 15) is 0 Å². The van der Waals surface area contributed by atoms with Crippen LogP contribution in [0.15, 0.2) is 12.3 Å². The van der Waals surface area contributed by atoms with Gasteiger partial charge in [0.25, 0.3) is 5.97 Å². The summed E-state index contributed by atoms with van der Waals surface area (Å²) in [5.74, 6) is -0.315. The number of ether oxygens (including phenoxy) is 3. The van der Waals surface area contributed by atoms with Gasteiger partial charge in [-0.2, -0.15) is 0 Å². The minimum Gasteiger partial charge on any atom is -0.481 e. The Morgan fingerprint density at radius 2 is 1.35 bits per heavy atom. The molecule has 6 heteroatoms. The van der Waals surface area contributed by atoms with Gasteiger partial charge in [-0.3, -0.25) is 4.79 Å². The Hall–Kier alpha value is -0.356. The van der Waals surface area contributed by atoms with Crippen LogP contribution >= 0.6 is 0 Å². The number of hydrogen-bond donors (Lipinski definition) is 1. The standard InChI is InChI=1S/C12H23O3.C2H4O2.Ti/c1-8(2)13-11(7)12(14-9(3)4)15-10(5)6;1-2(3)4;/h8-10H,7H2,1-6H3;1H3,(H,3,4);. The molecule has 20 heavy (non-hydrogen) atoms. The maximum absolute atomic E-state index is 9.00. The van der Waals surface area contributed by atoms with E-state index in [1.54, 1.807) is 0 Å². The zero-order valence-electron chi connectivity index (χ0n) is 13.5. The zero-order valence-corrected chi connectivity index (χ0v) is 15.1. The van der Waals surface area contributed by atoms with Crippen molar-refractivity contribution in [3.05, 3.63) is 12.3 Å². The van der Waals surface area contributed by atoms with Gasteiger partial charge >= 0.3 is 111 Å². The molecule has 0 fully saturated rings. The third-order valence-electron chi connectivity index (χ3n) is 1.55. The van der Waals surface area contributed by atoms with Crippen LogP contribution in [0.25, 0.3) is 0 Å². The number of carbonyl (C=O) groups is 1. The van der Waals surface area contributed by atoms with Gasteiger partial charge < -0.3 is 5.11 Å². The van der Waals surface area contributed by atoms with Gasteiger partial charge in [0, 0.05) is 6.92 Å². The molecular formula is C14H27O5Ti. The Labute approximate surface area is 134 Å². The van der Waals surface area contributed by atoms with Gasteiger partial charge in [-0.1, -0.05) is 0 Å². The summed E-state index contributed by atoms with van der Waals surface area (Å²) < 4.78 is 16.2. The van der Waals surface area contributed by atoms with Crippen molar-refractivity contribution in [1.29, 1.82) is 0 Å². The Bertz CT molecular complexity index is 286. The molecule has 0 atom stereocenters. The first-order valence-corrected chi connectivity index (χ1v) is 7.35. The molecule has 0 bridgehead atoms. The van der Waals surface area contributed by atoms with E-state index in [0.29, 0.717) is 5.76 Å². The summed E-state index contributed by atoms with van der Waals surface area (Å²) in [6, 6.07) is 0. The fourth-order valence-electron chi connectivity index (χ4n) is 1.19. The van der Waals surface area contributed by atoms with Crippen LogP contribution < -0.4 is 0 Å². The number of carboxylic acid groups (broad SMARTS) is 1. The van der Waals surface area contributed by atoms with E-state index in [1.165, 1.54) is 0 Å². The zero-order chi connectivity index (χ0) is 16.5. The molecule has 0 amide bonds. The van der Waals surface area contributed by atoms with Crippen molar-refractivity contribution < 1.29 is 44.5 Å². The van der Waals surface area contributed by atoms with Crippen LogP contribution in [0.4, 0.5) is 0 Å². The Kier molecular flexibility index (Phi) is 11.4. The summed E-state index contributed by atoms with van der Waals surface area (Å²) in [5, 5.41) is 7.42. The second kappa shape index (κ2) is 10.4. The fourth-order valence-corrected chi connectivity index (χ4v) is 2.01. The molecule has 5 nitrogen and oxygen atoms in total. The number of hydrogen-bond acceptors (Lipinski definition) is 4. The first-order chi connectivity index (χ1) is 8.90. The SMILES string of the molecule is C=C(OC(C)C)[C]([Ti])(OC(C)C)OC(C)C.CC(=O)O. The molecule has 0 heterocycles. The normalized spacial score (nSPS) is 11.2. The van der Waals surface area contributed by atoms with Crippen LogP contribution in [0.5, 0.6) is 0 Å². The smallest absolute Gasteiger partial charge is 0.300 e. The minimum atomic E-state index is -0.882. The Morgan fingerprint density at radius 3 is 1.55 bits per heavy atom. The molecule has 1 N–H and O–H groups in total. The first kappa shape index (κ1) is 21.9. The number of rotatable bonds is 7. The van der Waals surface area contributed by atoms with E-state index in [-0.39, 0.29) is 18.3 Å². The van der Waals surface area contributed by atoms with E-state index in [2.05, 4.69) is 6.58 Å². The van der Waals surface area contributed by atoms with Gasteiger partial charge in [0.2, 0.25) is 0 Å². The second-order valence-electron chi connectivity index (χ2n) is 5.06. The summed E-state index contributed by atoms with van der Waals surface area (Å²) in [7, 11) is 0. The first-order valence-electron chi connectivity index (χ1n) is 6.56. The topological polar surface area (TPSA) is 65.0 Å². The van der Waals surface area contributed by atoms with Gasteiger partial charge in [-0.15, -0.1) is 0 Å². The maximum atomic E-state index is 9.00. The van der Waals surface area contributed by atoms with Crippen LogP contribution in [0, 0.1) is 0 Å². The second-order valence-corrected chi connectivity index (χ2v) is 6.09. The summed E-state index contributed by atoms with van der Waals surface area (Å²) >= 11 is 1.84. The van der Waals surface area contributed by atoms with E-state index in [0.717, 1.165) is 6.92 Å². The molecule has 0 aromatic carbocycles. The van der Waals surface area contributed by atoms with Gasteiger partial charge in [-0.25, -0.2) is 0 Å². The minimum absolute atomic E-state index is 0.0521. The summed E-state index contributed by atoms with van der Waals surface area (Å²) in [5.41, 5.74) is 0. The van der Waals surface area contributed by atoms with E-state index < -0.39 is 10.1 Å². The van der Waals surface area contributed by atoms with Crippen LogP contribution in [-0.4, -0.2) is 33.5 Å². The van der Waals surface area contributed by atoms with Crippen molar-refractivity contribution in [2.75, 3.05) is 0 Å². The van der Waals surface area contributed by atoms with E-state index in [1.807, 2.05) is 62.0 Å². The number of aliphatic carboxylic acids is 1. The largest absolute Gasteiger partial charge is 0.481 e. The molecule has 0 saturated carbocycles. The molecule has 0 aliphatic rings. The van der Waals surface area contributed by atoms with Gasteiger partial charge in [0.15, 0.2) is 0 Å². The average Bonchev–Trinajstić information content (AvgIpc) is 2.11. The quantitative estimate of drug-likeness (QED) is 0.443. The summed E-state index contributed by atoms with van der Waals surface area (Å²) in [6.07, 6.45) is 0.172. The maximum Gasteiger partial charge on any atom is 0.300 e.